The fourth-order valence-corrected chi connectivity index (χ4v) is 1.31. The van der Waals surface area contributed by atoms with Crippen LogP contribution < -0.4 is 0 Å². The molecule has 60 valence electrons. The molecular weight excluding hydrogens is 158 g/mol. The summed E-state index contributed by atoms with van der Waals surface area (Å²) in [7, 11) is 1.91. The predicted octanol–water partition coefficient (Wildman–Crippen LogP) is 1.57. The Balaban J connectivity index is 2.69. The largest absolute Gasteiger partial charge is 0.357 e. The zero-order valence-corrected chi connectivity index (χ0v) is 7.52. The van der Waals surface area contributed by atoms with Gasteiger partial charge in [0.1, 0.15) is 0 Å². The summed E-state index contributed by atoms with van der Waals surface area (Å²) >= 11 is 1.56. The van der Waals surface area contributed by atoms with Gasteiger partial charge in [-0.05, 0) is 12.3 Å². The molecule has 0 bridgehead atoms. The Morgan fingerprint density at radius 3 is 2.91 bits per heavy atom. The van der Waals surface area contributed by atoms with Gasteiger partial charge in [-0.15, -0.1) is 0 Å². The highest BCUT2D eigenvalue weighted by atomic mass is 32.2. The first-order valence-electron chi connectivity index (χ1n) is 3.38. The Labute approximate surface area is 70.6 Å². The summed E-state index contributed by atoms with van der Waals surface area (Å²) in [5, 5.41) is 0. The lowest BCUT2D eigenvalue weighted by atomic mass is 10.2. The molecule has 1 aromatic rings. The van der Waals surface area contributed by atoms with Gasteiger partial charge in [-0.1, -0.05) is 0 Å². The van der Waals surface area contributed by atoms with Crippen molar-refractivity contribution in [2.75, 3.05) is 12.0 Å². The summed E-state index contributed by atoms with van der Waals surface area (Å²) < 4.78 is 1.88. The van der Waals surface area contributed by atoms with E-state index in [0.717, 1.165) is 5.56 Å². The third kappa shape index (κ3) is 2.12. The number of carbonyl (C=O) groups is 1. The number of rotatable bonds is 3. The van der Waals surface area contributed by atoms with Gasteiger partial charge >= 0.3 is 0 Å². The summed E-state index contributed by atoms with van der Waals surface area (Å²) in [6.07, 6.45) is 5.66. The summed E-state index contributed by atoms with van der Waals surface area (Å²) in [6.45, 7) is 0. The lowest BCUT2D eigenvalue weighted by molar-refractivity contribution is 0.102. The van der Waals surface area contributed by atoms with E-state index in [-0.39, 0.29) is 5.78 Å². The van der Waals surface area contributed by atoms with Crippen LogP contribution in [0.3, 0.4) is 0 Å². The van der Waals surface area contributed by atoms with Crippen molar-refractivity contribution in [1.82, 2.24) is 4.57 Å². The van der Waals surface area contributed by atoms with Gasteiger partial charge in [0.15, 0.2) is 5.78 Å². The fraction of sp³-hybridized carbons (Fsp3) is 0.375. The molecule has 1 rings (SSSR count). The Morgan fingerprint density at radius 1 is 1.73 bits per heavy atom. The number of hydrogen-bond donors (Lipinski definition) is 0. The first-order valence-corrected chi connectivity index (χ1v) is 4.77. The number of nitrogens with zero attached hydrogens (tertiary/aromatic N) is 1. The molecule has 0 aromatic carbocycles. The smallest absolute Gasteiger partial charge is 0.174 e. The molecule has 0 saturated carbocycles. The number of aromatic nitrogens is 1. The van der Waals surface area contributed by atoms with Crippen molar-refractivity contribution in [3.05, 3.63) is 24.0 Å². The number of ketones is 1. The second-order valence-electron chi connectivity index (χ2n) is 2.42. The van der Waals surface area contributed by atoms with Gasteiger partial charge in [-0.2, -0.15) is 11.8 Å². The molecule has 3 heteroatoms. The van der Waals surface area contributed by atoms with Crippen molar-refractivity contribution in [1.29, 1.82) is 0 Å². The molecule has 0 saturated heterocycles. The topological polar surface area (TPSA) is 22.0 Å². The molecule has 1 aromatic heterocycles. The van der Waals surface area contributed by atoms with Crippen LogP contribution in [0.25, 0.3) is 0 Å². The van der Waals surface area contributed by atoms with Crippen LogP contribution in [0.1, 0.15) is 10.4 Å². The number of hydrogen-bond acceptors (Lipinski definition) is 2. The molecule has 0 radical (unpaired) electrons. The standard InChI is InChI=1S/C8H11NOS/c1-9-4-3-7(5-9)8(10)6-11-2/h3-5H,6H2,1-2H3. The minimum atomic E-state index is 0.207. The van der Waals surface area contributed by atoms with Crippen molar-refractivity contribution in [3.8, 4) is 0 Å². The molecule has 2 nitrogen and oxygen atoms in total. The summed E-state index contributed by atoms with van der Waals surface area (Å²) in [4.78, 5) is 11.2. The minimum Gasteiger partial charge on any atom is -0.357 e. The van der Waals surface area contributed by atoms with Gasteiger partial charge in [0.05, 0.1) is 5.75 Å². The molecule has 0 aliphatic carbocycles. The van der Waals surface area contributed by atoms with E-state index in [0.29, 0.717) is 5.75 Å². The van der Waals surface area contributed by atoms with Crippen molar-refractivity contribution < 1.29 is 4.79 Å². The minimum absolute atomic E-state index is 0.207. The van der Waals surface area contributed by atoms with E-state index in [2.05, 4.69) is 0 Å². The molecule has 0 N–H and O–H groups in total. The van der Waals surface area contributed by atoms with E-state index in [1.807, 2.05) is 36.3 Å². The highest BCUT2D eigenvalue weighted by molar-refractivity contribution is 7.99. The summed E-state index contributed by atoms with van der Waals surface area (Å²) in [5.74, 6) is 0.780. The summed E-state index contributed by atoms with van der Waals surface area (Å²) in [5.41, 5.74) is 0.807. The normalized spacial score (nSPS) is 10.0. The Kier molecular flexibility index (Phi) is 2.76. The van der Waals surface area contributed by atoms with E-state index in [1.54, 1.807) is 11.8 Å². The van der Waals surface area contributed by atoms with E-state index in [1.165, 1.54) is 0 Å². The van der Waals surface area contributed by atoms with Crippen LogP contribution in [0.5, 0.6) is 0 Å². The molecule has 0 unspecified atom stereocenters. The molecule has 0 amide bonds. The average Bonchev–Trinajstić information content (AvgIpc) is 2.36. The average molecular weight is 169 g/mol. The number of Topliss-reactive ketones (excluding diaryl/α,β-unsaturated/α-hetero) is 1. The highest BCUT2D eigenvalue weighted by Gasteiger charge is 2.04. The lowest BCUT2D eigenvalue weighted by Gasteiger charge is -1.92. The van der Waals surface area contributed by atoms with Crippen molar-refractivity contribution in [2.45, 2.75) is 0 Å². The lowest BCUT2D eigenvalue weighted by Crippen LogP contribution is -1.99. The van der Waals surface area contributed by atoms with Crippen LogP contribution in [0.4, 0.5) is 0 Å². The highest BCUT2D eigenvalue weighted by Crippen LogP contribution is 2.04. The van der Waals surface area contributed by atoms with Crippen LogP contribution in [0, 0.1) is 0 Å². The maximum atomic E-state index is 11.2. The van der Waals surface area contributed by atoms with E-state index >= 15 is 0 Å². The molecule has 0 aliphatic rings. The number of aryl methyl sites for hydroxylation is 1. The molecule has 0 spiro atoms. The van der Waals surface area contributed by atoms with Crippen molar-refractivity contribution in [2.24, 2.45) is 7.05 Å². The zero-order valence-electron chi connectivity index (χ0n) is 6.70. The first-order chi connectivity index (χ1) is 5.24. The van der Waals surface area contributed by atoms with Crippen molar-refractivity contribution in [3.63, 3.8) is 0 Å². The van der Waals surface area contributed by atoms with Crippen LogP contribution in [-0.2, 0) is 7.05 Å². The summed E-state index contributed by atoms with van der Waals surface area (Å²) in [6, 6.07) is 1.85. The first kappa shape index (κ1) is 8.40. The van der Waals surface area contributed by atoms with E-state index in [4.69, 9.17) is 0 Å². The maximum absolute atomic E-state index is 11.2. The third-order valence-corrected chi connectivity index (χ3v) is 1.98. The van der Waals surface area contributed by atoms with Gasteiger partial charge < -0.3 is 4.57 Å². The zero-order chi connectivity index (χ0) is 8.27. The fourth-order valence-electron chi connectivity index (χ4n) is 0.883. The maximum Gasteiger partial charge on any atom is 0.174 e. The van der Waals surface area contributed by atoms with Crippen LogP contribution in [0.15, 0.2) is 18.5 Å². The quantitative estimate of drug-likeness (QED) is 0.641. The predicted molar refractivity (Wildman–Crippen MR) is 48.1 cm³/mol. The van der Waals surface area contributed by atoms with Crippen LogP contribution in [0.2, 0.25) is 0 Å². The monoisotopic (exact) mass is 169 g/mol. The molecule has 11 heavy (non-hydrogen) atoms. The van der Waals surface area contributed by atoms with Crippen molar-refractivity contribution >= 4 is 17.5 Å². The Hall–Kier alpha value is -0.700. The van der Waals surface area contributed by atoms with Crippen LogP contribution in [-0.4, -0.2) is 22.4 Å². The third-order valence-electron chi connectivity index (χ3n) is 1.43. The van der Waals surface area contributed by atoms with Gasteiger partial charge in [-0.3, -0.25) is 4.79 Å². The van der Waals surface area contributed by atoms with Gasteiger partial charge in [0, 0.05) is 25.0 Å². The van der Waals surface area contributed by atoms with Gasteiger partial charge in [0.25, 0.3) is 0 Å². The second-order valence-corrected chi connectivity index (χ2v) is 3.29. The van der Waals surface area contributed by atoms with Crippen LogP contribution >= 0.6 is 11.8 Å². The second kappa shape index (κ2) is 3.62. The molecular formula is C8H11NOS. The molecule has 0 atom stereocenters. The van der Waals surface area contributed by atoms with Gasteiger partial charge in [0.2, 0.25) is 0 Å². The van der Waals surface area contributed by atoms with E-state index < -0.39 is 0 Å². The van der Waals surface area contributed by atoms with E-state index in [9.17, 15) is 4.79 Å². The molecule has 1 heterocycles. The Bertz CT molecular complexity index is 254. The molecule has 0 aliphatic heterocycles. The SMILES string of the molecule is CSCC(=O)c1ccn(C)c1. The Morgan fingerprint density at radius 2 is 2.45 bits per heavy atom. The van der Waals surface area contributed by atoms with Gasteiger partial charge in [-0.25, -0.2) is 0 Å². The number of carbonyl (C=O) groups excluding carboxylic acids is 1. The number of thioether (sulfide) groups is 1. The molecule has 0 fully saturated rings.